The lowest BCUT2D eigenvalue weighted by Gasteiger charge is -2.33. The summed E-state index contributed by atoms with van der Waals surface area (Å²) in [5, 5.41) is 2.80. The van der Waals surface area contributed by atoms with Crippen molar-refractivity contribution in [1.82, 2.24) is 19.8 Å². The lowest BCUT2D eigenvalue weighted by atomic mass is 10.1. The minimum Gasteiger partial charge on any atom is -0.383 e. The molecular weight excluding hydrogens is 344 g/mol. The number of carbonyl (C=O) groups is 2. The predicted molar refractivity (Wildman–Crippen MR) is 101 cm³/mol. The smallest absolute Gasteiger partial charge is 0.254 e. The topological polar surface area (TPSA) is 76.5 Å². The fourth-order valence-electron chi connectivity index (χ4n) is 3.37. The highest BCUT2D eigenvalue weighted by atomic mass is 16.5. The second-order valence-electron chi connectivity index (χ2n) is 6.85. The lowest BCUT2D eigenvalue weighted by molar-refractivity contribution is -0.120. The predicted octanol–water partition coefficient (Wildman–Crippen LogP) is 1.71. The van der Waals surface area contributed by atoms with Crippen LogP contribution in [0.2, 0.25) is 0 Å². The van der Waals surface area contributed by atoms with Crippen molar-refractivity contribution in [2.45, 2.75) is 32.9 Å². The lowest BCUT2D eigenvalue weighted by Crippen LogP contribution is -2.41. The van der Waals surface area contributed by atoms with Gasteiger partial charge in [-0.05, 0) is 26.0 Å². The third-order valence-corrected chi connectivity index (χ3v) is 4.78. The second-order valence-corrected chi connectivity index (χ2v) is 6.85. The van der Waals surface area contributed by atoms with Crippen LogP contribution in [-0.4, -0.2) is 53.1 Å². The van der Waals surface area contributed by atoms with E-state index < -0.39 is 0 Å². The highest BCUT2D eigenvalue weighted by molar-refractivity contribution is 5.94. The monoisotopic (exact) mass is 370 g/mol. The average molecular weight is 370 g/mol. The summed E-state index contributed by atoms with van der Waals surface area (Å²) in [5.74, 6) is 0.754. The Balaban J connectivity index is 1.70. The van der Waals surface area contributed by atoms with E-state index in [9.17, 15) is 9.59 Å². The zero-order valence-electron chi connectivity index (χ0n) is 16.1. The molecular formula is C20H26N4O3. The van der Waals surface area contributed by atoms with Gasteiger partial charge in [0.15, 0.2) is 0 Å². The van der Waals surface area contributed by atoms with Crippen LogP contribution in [0.5, 0.6) is 0 Å². The third-order valence-electron chi connectivity index (χ3n) is 4.78. The van der Waals surface area contributed by atoms with E-state index in [1.165, 1.54) is 0 Å². The minimum atomic E-state index is -0.142. The van der Waals surface area contributed by atoms with Crippen LogP contribution in [0.4, 0.5) is 0 Å². The Labute approximate surface area is 159 Å². The molecule has 2 aromatic rings. The Morgan fingerprint density at radius 3 is 2.89 bits per heavy atom. The molecule has 0 radical (unpaired) electrons. The van der Waals surface area contributed by atoms with Crippen molar-refractivity contribution in [1.29, 1.82) is 0 Å². The molecule has 1 aliphatic heterocycles. The highest BCUT2D eigenvalue weighted by Crippen LogP contribution is 2.26. The van der Waals surface area contributed by atoms with Gasteiger partial charge in [0.2, 0.25) is 5.91 Å². The van der Waals surface area contributed by atoms with E-state index in [4.69, 9.17) is 4.74 Å². The Bertz CT molecular complexity index is 830. The second kappa shape index (κ2) is 8.35. The molecule has 0 saturated heterocycles. The number of hydrogen-bond acceptors (Lipinski definition) is 4. The first-order valence-corrected chi connectivity index (χ1v) is 9.19. The van der Waals surface area contributed by atoms with Crippen molar-refractivity contribution in [3.05, 3.63) is 53.1 Å². The number of hydrogen-bond donors (Lipinski definition) is 1. The number of aryl methyl sites for hydroxylation is 1. The number of nitrogens with zero attached hydrogens (tertiary/aromatic N) is 3. The minimum absolute atomic E-state index is 0.0132. The average Bonchev–Trinajstić information content (AvgIpc) is 3.05. The molecule has 7 nitrogen and oxygen atoms in total. The standard InChI is InChI=1S/C20H26N4O3/c1-14-5-4-6-16(11-14)20(26)24-9-8-23-13-17(22-19(23)15(24)2)12-18(25)21-7-10-27-3/h4-6,11,13,15H,7-10,12H2,1-3H3,(H,21,25)/t15-/m0/s1. The van der Waals surface area contributed by atoms with Crippen molar-refractivity contribution in [3.8, 4) is 0 Å². The largest absolute Gasteiger partial charge is 0.383 e. The van der Waals surface area contributed by atoms with Crippen molar-refractivity contribution in [2.75, 3.05) is 26.8 Å². The van der Waals surface area contributed by atoms with Crippen LogP contribution in [0.15, 0.2) is 30.5 Å². The molecule has 1 aromatic carbocycles. The molecule has 0 unspecified atom stereocenters. The molecule has 0 aliphatic carbocycles. The van der Waals surface area contributed by atoms with Gasteiger partial charge in [-0.15, -0.1) is 0 Å². The Morgan fingerprint density at radius 1 is 1.33 bits per heavy atom. The first kappa shape index (κ1) is 19.1. The SMILES string of the molecule is COCCNC(=O)Cc1cn2c(n1)[C@H](C)N(C(=O)c1cccc(C)c1)CC2. The molecule has 3 rings (SSSR count). The number of imidazole rings is 1. The van der Waals surface area contributed by atoms with Gasteiger partial charge in [0.1, 0.15) is 5.82 Å². The maximum Gasteiger partial charge on any atom is 0.254 e. The molecule has 144 valence electrons. The summed E-state index contributed by atoms with van der Waals surface area (Å²) in [5.41, 5.74) is 2.48. The maximum atomic E-state index is 12.9. The first-order chi connectivity index (χ1) is 13.0. The molecule has 0 fully saturated rings. The van der Waals surface area contributed by atoms with Gasteiger partial charge in [0, 0.05) is 38.5 Å². The van der Waals surface area contributed by atoms with Crippen molar-refractivity contribution in [2.24, 2.45) is 0 Å². The maximum absolute atomic E-state index is 12.9. The summed E-state index contributed by atoms with van der Waals surface area (Å²) >= 11 is 0. The summed E-state index contributed by atoms with van der Waals surface area (Å²) in [6, 6.07) is 7.49. The van der Waals surface area contributed by atoms with Crippen LogP contribution >= 0.6 is 0 Å². The number of nitrogens with one attached hydrogen (secondary N) is 1. The molecule has 1 atom stereocenters. The molecule has 7 heteroatoms. The van der Waals surface area contributed by atoms with Crippen LogP contribution in [0, 0.1) is 6.92 Å². The van der Waals surface area contributed by atoms with E-state index >= 15 is 0 Å². The van der Waals surface area contributed by atoms with Gasteiger partial charge < -0.3 is 19.5 Å². The van der Waals surface area contributed by atoms with E-state index in [1.807, 2.05) is 53.8 Å². The highest BCUT2D eigenvalue weighted by Gasteiger charge is 2.30. The number of fused-ring (bicyclic) bond motifs is 1. The van der Waals surface area contributed by atoms with Crippen LogP contribution in [0.3, 0.4) is 0 Å². The number of carbonyl (C=O) groups excluding carboxylic acids is 2. The van der Waals surface area contributed by atoms with Crippen LogP contribution in [0.1, 0.15) is 40.4 Å². The van der Waals surface area contributed by atoms with Crippen molar-refractivity contribution in [3.63, 3.8) is 0 Å². The normalized spacial score (nSPS) is 16.1. The van der Waals surface area contributed by atoms with E-state index in [-0.39, 0.29) is 24.3 Å². The molecule has 0 bridgehead atoms. The van der Waals surface area contributed by atoms with Gasteiger partial charge in [0.25, 0.3) is 5.91 Å². The summed E-state index contributed by atoms with van der Waals surface area (Å²) in [6.07, 6.45) is 2.14. The van der Waals surface area contributed by atoms with Crippen LogP contribution in [-0.2, 0) is 22.5 Å². The number of aromatic nitrogens is 2. The van der Waals surface area contributed by atoms with Crippen molar-refractivity contribution >= 4 is 11.8 Å². The Hall–Kier alpha value is -2.67. The number of amides is 2. The van der Waals surface area contributed by atoms with E-state index in [1.54, 1.807) is 7.11 Å². The van der Waals surface area contributed by atoms with Crippen molar-refractivity contribution < 1.29 is 14.3 Å². The van der Waals surface area contributed by atoms with Gasteiger partial charge in [-0.1, -0.05) is 17.7 Å². The molecule has 1 aliphatic rings. The molecule has 0 spiro atoms. The molecule has 2 amide bonds. The molecule has 1 N–H and O–H groups in total. The zero-order chi connectivity index (χ0) is 19.4. The number of benzene rings is 1. The van der Waals surface area contributed by atoms with Crippen LogP contribution in [0.25, 0.3) is 0 Å². The van der Waals surface area contributed by atoms with Gasteiger partial charge in [-0.2, -0.15) is 0 Å². The summed E-state index contributed by atoms with van der Waals surface area (Å²) in [6.45, 7) is 6.23. The molecule has 27 heavy (non-hydrogen) atoms. The number of methoxy groups -OCH3 is 1. The quantitative estimate of drug-likeness (QED) is 0.786. The summed E-state index contributed by atoms with van der Waals surface area (Å²) in [4.78, 5) is 31.4. The number of ether oxygens (including phenoxy) is 1. The third kappa shape index (κ3) is 4.36. The molecule has 0 saturated carbocycles. The van der Waals surface area contributed by atoms with E-state index in [0.29, 0.717) is 31.8 Å². The number of rotatable bonds is 6. The van der Waals surface area contributed by atoms with Gasteiger partial charge >= 0.3 is 0 Å². The Morgan fingerprint density at radius 2 is 2.15 bits per heavy atom. The Kier molecular flexibility index (Phi) is 5.91. The molecule has 2 heterocycles. The van der Waals surface area contributed by atoms with Gasteiger partial charge in [0.05, 0.1) is 24.8 Å². The fourth-order valence-corrected chi connectivity index (χ4v) is 3.37. The summed E-state index contributed by atoms with van der Waals surface area (Å²) < 4.78 is 6.97. The molecule has 1 aromatic heterocycles. The fraction of sp³-hybridized carbons (Fsp3) is 0.450. The summed E-state index contributed by atoms with van der Waals surface area (Å²) in [7, 11) is 1.60. The van der Waals surface area contributed by atoms with Crippen LogP contribution < -0.4 is 5.32 Å². The van der Waals surface area contributed by atoms with E-state index in [0.717, 1.165) is 17.1 Å². The van der Waals surface area contributed by atoms with Gasteiger partial charge in [-0.25, -0.2) is 4.98 Å². The van der Waals surface area contributed by atoms with E-state index in [2.05, 4.69) is 10.3 Å². The first-order valence-electron chi connectivity index (χ1n) is 9.19. The zero-order valence-corrected chi connectivity index (χ0v) is 16.1. The van der Waals surface area contributed by atoms with Gasteiger partial charge in [-0.3, -0.25) is 9.59 Å².